The first-order chi connectivity index (χ1) is 9.63. The molecule has 1 aliphatic carbocycles. The van der Waals surface area contributed by atoms with Crippen LogP contribution < -0.4 is 10.0 Å². The van der Waals surface area contributed by atoms with Crippen molar-refractivity contribution in [2.24, 2.45) is 0 Å². The Labute approximate surface area is 121 Å². The van der Waals surface area contributed by atoms with Gasteiger partial charge in [0.15, 0.2) is 0 Å². The van der Waals surface area contributed by atoms with E-state index >= 15 is 0 Å². The van der Waals surface area contributed by atoms with Gasteiger partial charge in [0.1, 0.15) is 6.33 Å². The van der Waals surface area contributed by atoms with E-state index in [1.54, 1.807) is 11.4 Å². The van der Waals surface area contributed by atoms with Crippen molar-refractivity contribution in [1.29, 1.82) is 0 Å². The standard InChI is InChI=1S/C12H14N4O2S2/c17-20(18,16-10-4-13-8-14-5-10)12-3-11(19-7-12)6-15-9-1-2-9/h3-5,7-9,15-16H,1-2,6H2. The molecule has 1 aliphatic rings. The first-order valence-electron chi connectivity index (χ1n) is 6.22. The van der Waals surface area contributed by atoms with Crippen LogP contribution in [0.4, 0.5) is 5.69 Å². The molecule has 2 aromatic rings. The molecule has 2 aromatic heterocycles. The molecule has 0 spiro atoms. The minimum Gasteiger partial charge on any atom is -0.309 e. The first-order valence-corrected chi connectivity index (χ1v) is 8.58. The second-order valence-corrected chi connectivity index (χ2v) is 7.31. The molecule has 1 fully saturated rings. The van der Waals surface area contributed by atoms with Gasteiger partial charge in [0, 0.05) is 22.8 Å². The van der Waals surface area contributed by atoms with Crippen LogP contribution in [0.15, 0.2) is 35.1 Å². The number of hydrogen-bond donors (Lipinski definition) is 2. The third kappa shape index (κ3) is 3.33. The molecule has 0 aromatic carbocycles. The molecule has 20 heavy (non-hydrogen) atoms. The topological polar surface area (TPSA) is 84.0 Å². The number of anilines is 1. The second-order valence-electron chi connectivity index (χ2n) is 4.64. The van der Waals surface area contributed by atoms with Crippen LogP contribution in [0.2, 0.25) is 0 Å². The molecular weight excluding hydrogens is 296 g/mol. The van der Waals surface area contributed by atoms with Crippen LogP contribution in [0.1, 0.15) is 17.7 Å². The minimum atomic E-state index is -3.56. The zero-order chi connectivity index (χ0) is 14.0. The molecule has 0 atom stereocenters. The van der Waals surface area contributed by atoms with Crippen molar-refractivity contribution in [1.82, 2.24) is 15.3 Å². The maximum absolute atomic E-state index is 12.2. The highest BCUT2D eigenvalue weighted by Crippen LogP contribution is 2.24. The van der Waals surface area contributed by atoms with Gasteiger partial charge in [-0.25, -0.2) is 18.4 Å². The van der Waals surface area contributed by atoms with Crippen LogP contribution in [0.3, 0.4) is 0 Å². The molecule has 106 valence electrons. The van der Waals surface area contributed by atoms with Crippen molar-refractivity contribution in [2.75, 3.05) is 4.72 Å². The molecule has 1 saturated carbocycles. The zero-order valence-corrected chi connectivity index (χ0v) is 12.2. The summed E-state index contributed by atoms with van der Waals surface area (Å²) in [5.41, 5.74) is 0.358. The highest BCUT2D eigenvalue weighted by molar-refractivity contribution is 7.92. The van der Waals surface area contributed by atoms with Crippen LogP contribution in [0.25, 0.3) is 0 Å². The average molecular weight is 310 g/mol. The van der Waals surface area contributed by atoms with E-state index in [1.807, 2.05) is 0 Å². The summed E-state index contributed by atoms with van der Waals surface area (Å²) in [5, 5.41) is 5.01. The molecule has 2 N–H and O–H groups in total. The van der Waals surface area contributed by atoms with Crippen LogP contribution in [-0.4, -0.2) is 24.4 Å². The molecule has 3 rings (SSSR count). The Balaban J connectivity index is 1.70. The molecule has 0 radical (unpaired) electrons. The van der Waals surface area contributed by atoms with Crippen molar-refractivity contribution >= 4 is 27.0 Å². The van der Waals surface area contributed by atoms with Gasteiger partial charge in [0.05, 0.1) is 23.0 Å². The number of aromatic nitrogens is 2. The summed E-state index contributed by atoms with van der Waals surface area (Å²) in [4.78, 5) is 8.85. The minimum absolute atomic E-state index is 0.277. The molecule has 0 aliphatic heterocycles. The smallest absolute Gasteiger partial charge is 0.262 e. The average Bonchev–Trinajstić information content (AvgIpc) is 3.13. The van der Waals surface area contributed by atoms with E-state index in [2.05, 4.69) is 20.0 Å². The number of rotatable bonds is 6. The predicted octanol–water partition coefficient (Wildman–Crippen LogP) is 1.59. The lowest BCUT2D eigenvalue weighted by molar-refractivity contribution is 0.601. The zero-order valence-electron chi connectivity index (χ0n) is 10.6. The molecule has 6 nitrogen and oxygen atoms in total. The fraction of sp³-hybridized carbons (Fsp3) is 0.333. The fourth-order valence-corrected chi connectivity index (χ4v) is 3.95. The Morgan fingerprint density at radius 3 is 2.75 bits per heavy atom. The fourth-order valence-electron chi connectivity index (χ4n) is 1.69. The quantitative estimate of drug-likeness (QED) is 0.846. The molecule has 0 bridgehead atoms. The summed E-state index contributed by atoms with van der Waals surface area (Å²) in [6, 6.07) is 2.31. The van der Waals surface area contributed by atoms with Crippen LogP contribution >= 0.6 is 11.3 Å². The normalized spacial score (nSPS) is 15.2. The van der Waals surface area contributed by atoms with Gasteiger partial charge in [-0.2, -0.15) is 0 Å². The number of nitrogens with one attached hydrogen (secondary N) is 2. The Kier molecular flexibility index (Phi) is 3.68. The highest BCUT2D eigenvalue weighted by Gasteiger charge is 2.21. The van der Waals surface area contributed by atoms with Crippen LogP contribution in [0, 0.1) is 0 Å². The van der Waals surface area contributed by atoms with E-state index in [0.717, 1.165) is 11.4 Å². The van der Waals surface area contributed by atoms with Crippen LogP contribution in [-0.2, 0) is 16.6 Å². The lowest BCUT2D eigenvalue weighted by Gasteiger charge is -2.04. The largest absolute Gasteiger partial charge is 0.309 e. The summed E-state index contributed by atoms with van der Waals surface area (Å²) in [7, 11) is -3.56. The van der Waals surface area contributed by atoms with E-state index in [0.29, 0.717) is 11.7 Å². The predicted molar refractivity (Wildman–Crippen MR) is 77.0 cm³/mol. The summed E-state index contributed by atoms with van der Waals surface area (Å²) in [6.07, 6.45) is 6.63. The van der Waals surface area contributed by atoms with Gasteiger partial charge in [0.2, 0.25) is 0 Å². The Morgan fingerprint density at radius 2 is 2.05 bits per heavy atom. The van der Waals surface area contributed by atoms with E-state index in [4.69, 9.17) is 0 Å². The summed E-state index contributed by atoms with van der Waals surface area (Å²) < 4.78 is 26.8. The number of nitrogens with zero attached hydrogens (tertiary/aromatic N) is 2. The third-order valence-electron chi connectivity index (χ3n) is 2.90. The van der Waals surface area contributed by atoms with Crippen LogP contribution in [0.5, 0.6) is 0 Å². The lowest BCUT2D eigenvalue weighted by Crippen LogP contribution is -2.15. The maximum Gasteiger partial charge on any atom is 0.262 e. The van der Waals surface area contributed by atoms with Crippen molar-refractivity contribution in [3.63, 3.8) is 0 Å². The van der Waals surface area contributed by atoms with Gasteiger partial charge in [-0.1, -0.05) is 0 Å². The monoisotopic (exact) mass is 310 g/mol. The van der Waals surface area contributed by atoms with Crippen molar-refractivity contribution in [2.45, 2.75) is 30.3 Å². The SMILES string of the molecule is O=S(=O)(Nc1cncnc1)c1csc(CNC2CC2)c1. The van der Waals surface area contributed by atoms with Gasteiger partial charge >= 0.3 is 0 Å². The summed E-state index contributed by atoms with van der Waals surface area (Å²) in [5.74, 6) is 0. The van der Waals surface area contributed by atoms with E-state index in [9.17, 15) is 8.42 Å². The third-order valence-corrected chi connectivity index (χ3v) is 5.34. The number of sulfonamides is 1. The molecule has 0 saturated heterocycles. The van der Waals surface area contributed by atoms with Gasteiger partial charge in [0.25, 0.3) is 10.0 Å². The molecular formula is C12H14N4O2S2. The van der Waals surface area contributed by atoms with Crippen molar-refractivity contribution in [3.8, 4) is 0 Å². The van der Waals surface area contributed by atoms with E-state index in [-0.39, 0.29) is 4.90 Å². The molecule has 8 heteroatoms. The Morgan fingerprint density at radius 1 is 1.30 bits per heavy atom. The highest BCUT2D eigenvalue weighted by atomic mass is 32.2. The van der Waals surface area contributed by atoms with Gasteiger partial charge < -0.3 is 5.32 Å². The Bertz CT molecular complexity index is 680. The van der Waals surface area contributed by atoms with Gasteiger partial charge in [-0.3, -0.25) is 4.72 Å². The molecule has 0 amide bonds. The molecule has 0 unspecified atom stereocenters. The maximum atomic E-state index is 12.2. The van der Waals surface area contributed by atoms with Gasteiger partial charge in [-0.15, -0.1) is 11.3 Å². The lowest BCUT2D eigenvalue weighted by atomic mass is 10.4. The number of hydrogen-bond acceptors (Lipinski definition) is 6. The number of thiophene rings is 1. The van der Waals surface area contributed by atoms with Crippen molar-refractivity contribution in [3.05, 3.63) is 35.0 Å². The van der Waals surface area contributed by atoms with Crippen molar-refractivity contribution < 1.29 is 8.42 Å². The van der Waals surface area contributed by atoms with E-state index < -0.39 is 10.0 Å². The Hall–Kier alpha value is -1.51. The van der Waals surface area contributed by atoms with Gasteiger partial charge in [-0.05, 0) is 18.9 Å². The van der Waals surface area contributed by atoms with E-state index in [1.165, 1.54) is 42.9 Å². The second kappa shape index (κ2) is 5.47. The molecule has 2 heterocycles. The summed E-state index contributed by atoms with van der Waals surface area (Å²) >= 11 is 1.44. The first kappa shape index (κ1) is 13.5. The summed E-state index contributed by atoms with van der Waals surface area (Å²) in [6.45, 7) is 0.722.